The number of imidazole rings is 1. The molecule has 0 unspecified atom stereocenters. The van der Waals surface area contributed by atoms with Crippen LogP contribution in [0.3, 0.4) is 0 Å². The number of carbonyl (C=O) groups excluding carboxylic acids is 1. The lowest BCUT2D eigenvalue weighted by molar-refractivity contribution is -0.125. The first-order chi connectivity index (χ1) is 16.4. The normalized spacial score (nSPS) is 15.0. The number of benzene rings is 2. The Balaban J connectivity index is 1.41. The lowest BCUT2D eigenvalue weighted by atomic mass is 9.92. The molecule has 0 atom stereocenters. The first-order valence-corrected chi connectivity index (χ1v) is 11.2. The van der Waals surface area contributed by atoms with Crippen LogP contribution in [0.2, 0.25) is 5.15 Å². The quantitative estimate of drug-likeness (QED) is 0.352. The van der Waals surface area contributed by atoms with Crippen LogP contribution < -0.4 is 9.47 Å². The number of hydrogen-bond acceptors (Lipinski definition) is 5. The second-order valence-corrected chi connectivity index (χ2v) is 8.82. The van der Waals surface area contributed by atoms with Gasteiger partial charge in [-0.25, -0.2) is 4.98 Å². The van der Waals surface area contributed by atoms with E-state index in [4.69, 9.17) is 25.8 Å². The lowest BCUT2D eigenvalue weighted by Gasteiger charge is -2.17. The van der Waals surface area contributed by atoms with Crippen molar-refractivity contribution in [3.8, 4) is 11.5 Å². The average molecular weight is 475 g/mol. The van der Waals surface area contributed by atoms with Gasteiger partial charge in [-0.3, -0.25) is 9.20 Å². The standard InChI is InChI=1S/C27H23ClN2O4/c1-27(2)25(31)23(24(34-27)18-9-11-19(32-3)12-10-18)17-7-13-20(14-8-17)33-16-21-26(28)30-15-5-4-6-22(30)29-21/h4-15H,16H2,1-3H3. The van der Waals surface area contributed by atoms with E-state index >= 15 is 0 Å². The Kier molecular flexibility index (Phi) is 5.54. The van der Waals surface area contributed by atoms with Gasteiger partial charge in [0.25, 0.3) is 0 Å². The van der Waals surface area contributed by atoms with Crippen LogP contribution >= 0.6 is 11.6 Å². The Hall–Kier alpha value is -3.77. The number of Topliss-reactive ketones (excluding diaryl/α,β-unsaturated/α-hetero) is 1. The number of ether oxygens (including phenoxy) is 3. The fraction of sp³-hybridized carbons (Fsp3) is 0.185. The molecule has 0 saturated carbocycles. The molecule has 0 amide bonds. The SMILES string of the molecule is COc1ccc(C2=C(c3ccc(OCc4nc5ccccn5c4Cl)cc3)C(=O)C(C)(C)O2)cc1. The van der Waals surface area contributed by atoms with Gasteiger partial charge in [-0.15, -0.1) is 0 Å². The van der Waals surface area contributed by atoms with E-state index in [9.17, 15) is 4.79 Å². The molecule has 1 aliphatic heterocycles. The largest absolute Gasteiger partial charge is 0.497 e. The Morgan fingerprint density at radius 2 is 1.65 bits per heavy atom. The van der Waals surface area contributed by atoms with Crippen LogP contribution in [0.15, 0.2) is 72.9 Å². The molecule has 1 aliphatic rings. The van der Waals surface area contributed by atoms with Crippen LogP contribution in [0, 0.1) is 0 Å². The topological polar surface area (TPSA) is 62.1 Å². The summed E-state index contributed by atoms with van der Waals surface area (Å²) in [7, 11) is 1.62. The summed E-state index contributed by atoms with van der Waals surface area (Å²) >= 11 is 6.43. The molecule has 0 radical (unpaired) electrons. The summed E-state index contributed by atoms with van der Waals surface area (Å²) in [5.74, 6) is 1.88. The Morgan fingerprint density at radius 3 is 2.32 bits per heavy atom. The summed E-state index contributed by atoms with van der Waals surface area (Å²) < 4.78 is 19.1. The van der Waals surface area contributed by atoms with Crippen molar-refractivity contribution in [1.82, 2.24) is 9.38 Å². The highest BCUT2D eigenvalue weighted by molar-refractivity contribution is 6.32. The third kappa shape index (κ3) is 3.90. The van der Waals surface area contributed by atoms with E-state index in [-0.39, 0.29) is 12.4 Å². The summed E-state index contributed by atoms with van der Waals surface area (Å²) in [4.78, 5) is 17.7. The Labute approximate surface area is 202 Å². The van der Waals surface area contributed by atoms with Crippen LogP contribution in [0.4, 0.5) is 0 Å². The van der Waals surface area contributed by atoms with Gasteiger partial charge in [0.15, 0.2) is 5.60 Å². The lowest BCUT2D eigenvalue weighted by Crippen LogP contribution is -2.29. The molecule has 6 nitrogen and oxygen atoms in total. The van der Waals surface area contributed by atoms with Gasteiger partial charge in [0.1, 0.15) is 40.4 Å². The fourth-order valence-electron chi connectivity index (χ4n) is 3.94. The van der Waals surface area contributed by atoms with E-state index in [2.05, 4.69) is 4.98 Å². The van der Waals surface area contributed by atoms with Crippen LogP contribution in [0.25, 0.3) is 17.0 Å². The van der Waals surface area contributed by atoms with E-state index in [0.29, 0.717) is 27.9 Å². The molecule has 2 aromatic carbocycles. The van der Waals surface area contributed by atoms with Crippen molar-refractivity contribution in [1.29, 1.82) is 0 Å². The van der Waals surface area contributed by atoms with Gasteiger partial charge in [0.05, 0.1) is 12.7 Å². The highest BCUT2D eigenvalue weighted by Crippen LogP contribution is 2.41. The van der Waals surface area contributed by atoms with Crippen LogP contribution in [0.1, 0.15) is 30.7 Å². The predicted molar refractivity (Wildman–Crippen MR) is 131 cm³/mol. The number of carbonyl (C=O) groups is 1. The van der Waals surface area contributed by atoms with Crippen molar-refractivity contribution >= 4 is 34.4 Å². The smallest absolute Gasteiger partial charge is 0.210 e. The molecule has 0 aliphatic carbocycles. The molecule has 2 aromatic heterocycles. The Morgan fingerprint density at radius 1 is 0.971 bits per heavy atom. The summed E-state index contributed by atoms with van der Waals surface area (Å²) in [5.41, 5.74) is 2.60. The van der Waals surface area contributed by atoms with Crippen LogP contribution in [-0.4, -0.2) is 27.9 Å². The number of rotatable bonds is 6. The number of pyridine rings is 1. The first-order valence-electron chi connectivity index (χ1n) is 10.8. The second-order valence-electron chi connectivity index (χ2n) is 8.47. The summed E-state index contributed by atoms with van der Waals surface area (Å²) in [6.45, 7) is 3.79. The molecule has 0 saturated heterocycles. The maximum Gasteiger partial charge on any atom is 0.210 e. The molecular formula is C27H23ClN2O4. The number of halogens is 1. The van der Waals surface area contributed by atoms with E-state index in [1.165, 1.54) is 0 Å². The van der Waals surface area contributed by atoms with Crippen molar-refractivity contribution in [3.05, 3.63) is 94.9 Å². The highest BCUT2D eigenvalue weighted by atomic mass is 35.5. The monoisotopic (exact) mass is 474 g/mol. The maximum absolute atomic E-state index is 13.2. The number of fused-ring (bicyclic) bond motifs is 1. The van der Waals surface area contributed by atoms with E-state index < -0.39 is 5.60 Å². The van der Waals surface area contributed by atoms with Crippen LogP contribution in [-0.2, 0) is 16.1 Å². The molecule has 0 spiro atoms. The van der Waals surface area contributed by atoms with Crippen molar-refractivity contribution in [3.63, 3.8) is 0 Å². The van der Waals surface area contributed by atoms with Gasteiger partial charge in [-0.05, 0) is 67.9 Å². The van der Waals surface area contributed by atoms with Gasteiger partial charge >= 0.3 is 0 Å². The minimum Gasteiger partial charge on any atom is -0.497 e. The number of hydrogen-bond donors (Lipinski definition) is 0. The number of methoxy groups -OCH3 is 1. The van der Waals surface area contributed by atoms with Gasteiger partial charge in [0.2, 0.25) is 5.78 Å². The molecule has 34 heavy (non-hydrogen) atoms. The molecular weight excluding hydrogens is 452 g/mol. The van der Waals surface area contributed by atoms with Crippen molar-refractivity contribution in [2.75, 3.05) is 7.11 Å². The molecule has 4 aromatic rings. The molecule has 0 bridgehead atoms. The number of nitrogens with zero attached hydrogens (tertiary/aromatic N) is 2. The second kappa shape index (κ2) is 8.54. The molecule has 0 N–H and O–H groups in total. The molecule has 5 rings (SSSR count). The minimum absolute atomic E-state index is 0.0662. The van der Waals surface area contributed by atoms with E-state index in [0.717, 1.165) is 22.5 Å². The Bertz CT molecular complexity index is 1400. The highest BCUT2D eigenvalue weighted by Gasteiger charge is 2.42. The predicted octanol–water partition coefficient (Wildman–Crippen LogP) is 5.82. The van der Waals surface area contributed by atoms with Gasteiger partial charge in [-0.2, -0.15) is 0 Å². The number of ketones is 1. The van der Waals surface area contributed by atoms with E-state index in [1.54, 1.807) is 21.0 Å². The minimum atomic E-state index is -0.945. The third-order valence-electron chi connectivity index (χ3n) is 5.77. The molecule has 0 fully saturated rings. The zero-order valence-electron chi connectivity index (χ0n) is 19.0. The van der Waals surface area contributed by atoms with Gasteiger partial charge in [0, 0.05) is 11.8 Å². The molecule has 7 heteroatoms. The molecule has 172 valence electrons. The zero-order chi connectivity index (χ0) is 23.9. The summed E-state index contributed by atoms with van der Waals surface area (Å²) in [6, 6.07) is 20.6. The summed E-state index contributed by atoms with van der Waals surface area (Å²) in [6.07, 6.45) is 1.86. The number of aromatic nitrogens is 2. The summed E-state index contributed by atoms with van der Waals surface area (Å²) in [5, 5.41) is 0.525. The molecule has 3 heterocycles. The van der Waals surface area contributed by atoms with Crippen molar-refractivity contribution < 1.29 is 19.0 Å². The van der Waals surface area contributed by atoms with E-state index in [1.807, 2.05) is 77.3 Å². The van der Waals surface area contributed by atoms with Gasteiger partial charge < -0.3 is 14.2 Å². The maximum atomic E-state index is 13.2. The van der Waals surface area contributed by atoms with Crippen molar-refractivity contribution in [2.45, 2.75) is 26.1 Å². The first kappa shape index (κ1) is 22.0. The van der Waals surface area contributed by atoms with Crippen LogP contribution in [0.5, 0.6) is 11.5 Å². The average Bonchev–Trinajstić information content (AvgIpc) is 3.30. The van der Waals surface area contributed by atoms with Crippen molar-refractivity contribution in [2.24, 2.45) is 0 Å². The zero-order valence-corrected chi connectivity index (χ0v) is 19.8. The fourth-order valence-corrected chi connectivity index (χ4v) is 4.18. The third-order valence-corrected chi connectivity index (χ3v) is 6.17. The van der Waals surface area contributed by atoms with Gasteiger partial charge in [-0.1, -0.05) is 29.8 Å².